The van der Waals surface area contributed by atoms with Crippen LogP contribution < -0.4 is 4.74 Å². The van der Waals surface area contributed by atoms with Gasteiger partial charge >= 0.3 is 5.97 Å². The Morgan fingerprint density at radius 3 is 2.50 bits per heavy atom. The third kappa shape index (κ3) is 6.10. The zero-order valence-corrected chi connectivity index (χ0v) is 26.9. The van der Waals surface area contributed by atoms with Gasteiger partial charge in [0, 0.05) is 28.8 Å². The van der Waals surface area contributed by atoms with Crippen molar-refractivity contribution in [1.82, 2.24) is 9.88 Å². The van der Waals surface area contributed by atoms with Crippen LogP contribution in [-0.4, -0.2) is 60.3 Å². The number of hydrogen-bond donors (Lipinski definition) is 0. The summed E-state index contributed by atoms with van der Waals surface area (Å²) in [5.41, 5.74) is 2.52. The number of amides is 1. The van der Waals surface area contributed by atoms with E-state index in [9.17, 15) is 9.59 Å². The molecule has 3 heterocycles. The molecule has 0 unspecified atom stereocenters. The van der Waals surface area contributed by atoms with Crippen molar-refractivity contribution in [3.63, 3.8) is 0 Å². The fraction of sp³-hybridized carbons (Fsp3) is 0.606. The van der Waals surface area contributed by atoms with Crippen molar-refractivity contribution in [3.05, 3.63) is 57.7 Å². The van der Waals surface area contributed by atoms with Crippen LogP contribution in [0.15, 0.2) is 41.0 Å². The Morgan fingerprint density at radius 1 is 1.14 bits per heavy atom. The van der Waals surface area contributed by atoms with E-state index < -0.39 is 35.7 Å². The zero-order valence-electron chi connectivity index (χ0n) is 25.3. The van der Waals surface area contributed by atoms with Crippen molar-refractivity contribution in [2.45, 2.75) is 96.6 Å². The Balaban J connectivity index is 1.60. The summed E-state index contributed by atoms with van der Waals surface area (Å²) in [5, 5.41) is 0. The highest BCUT2D eigenvalue weighted by Crippen LogP contribution is 2.51. The first-order valence-corrected chi connectivity index (χ1v) is 15.9. The summed E-state index contributed by atoms with van der Waals surface area (Å²) < 4.78 is 24.9. The highest BCUT2D eigenvalue weighted by Gasteiger charge is 2.60. The van der Waals surface area contributed by atoms with Crippen molar-refractivity contribution < 1.29 is 28.5 Å². The monoisotopic (exact) mass is 642 g/mol. The standard InChI is InChI=1S/C33H43BrN2O6/c1-6-40-32(38)28-26(33(2,3)4)29(42-19-22-17-21(20-11-9-12-20)18-35-30(22)39-5)27(23-13-7-8-14-24(23)34)36(28)31(37)25-15-10-16-41-25/h7-8,13-14,17-18,20,25-29H,6,9-12,15-16,19H2,1-5H3/t25-,26+,27-,28-,29-/m0/s1. The number of carbonyl (C=O) groups excluding carboxylic acids is 2. The quantitative estimate of drug-likeness (QED) is 0.294. The van der Waals surface area contributed by atoms with Gasteiger partial charge in [0.25, 0.3) is 5.91 Å². The van der Waals surface area contributed by atoms with Crippen LogP contribution >= 0.6 is 15.9 Å². The maximum atomic E-state index is 14.3. The molecule has 0 N–H and O–H groups in total. The van der Waals surface area contributed by atoms with E-state index in [0.717, 1.165) is 34.9 Å². The average Bonchev–Trinajstić information content (AvgIpc) is 3.58. The Hall–Kier alpha value is -2.49. The van der Waals surface area contributed by atoms with Crippen LogP contribution in [0, 0.1) is 11.3 Å². The van der Waals surface area contributed by atoms with E-state index in [1.54, 1.807) is 18.9 Å². The Morgan fingerprint density at radius 2 is 1.90 bits per heavy atom. The van der Waals surface area contributed by atoms with E-state index >= 15 is 0 Å². The van der Waals surface area contributed by atoms with E-state index in [2.05, 4.69) is 47.8 Å². The molecule has 2 saturated heterocycles. The number of pyridine rings is 1. The van der Waals surface area contributed by atoms with Gasteiger partial charge in [-0.2, -0.15) is 0 Å². The molecule has 1 aromatic heterocycles. The molecule has 1 aliphatic carbocycles. The minimum Gasteiger partial charge on any atom is -0.481 e. The van der Waals surface area contributed by atoms with Crippen molar-refractivity contribution in [3.8, 4) is 5.88 Å². The molecule has 2 aromatic rings. The molecule has 1 saturated carbocycles. The number of benzene rings is 1. The predicted octanol–water partition coefficient (Wildman–Crippen LogP) is 6.36. The second kappa shape index (κ2) is 13.0. The lowest BCUT2D eigenvalue weighted by atomic mass is 9.73. The summed E-state index contributed by atoms with van der Waals surface area (Å²) in [7, 11) is 1.62. The molecule has 0 bridgehead atoms. The van der Waals surface area contributed by atoms with Crippen molar-refractivity contribution in [2.75, 3.05) is 20.3 Å². The number of halogens is 1. The first kappa shape index (κ1) is 31.0. The van der Waals surface area contributed by atoms with Crippen LogP contribution in [-0.2, 0) is 30.4 Å². The fourth-order valence-electron chi connectivity index (χ4n) is 6.74. The average molecular weight is 644 g/mol. The van der Waals surface area contributed by atoms with E-state index in [1.807, 2.05) is 30.5 Å². The smallest absolute Gasteiger partial charge is 0.329 e. The molecule has 1 amide bonds. The van der Waals surface area contributed by atoms with Crippen LogP contribution in [0.25, 0.3) is 0 Å². The van der Waals surface area contributed by atoms with Gasteiger partial charge in [-0.05, 0) is 67.2 Å². The second-order valence-electron chi connectivity index (χ2n) is 12.6. The maximum Gasteiger partial charge on any atom is 0.329 e. The minimum atomic E-state index is -0.843. The second-order valence-corrected chi connectivity index (χ2v) is 13.5. The van der Waals surface area contributed by atoms with Gasteiger partial charge in [-0.25, -0.2) is 9.78 Å². The van der Waals surface area contributed by atoms with E-state index in [4.69, 9.17) is 18.9 Å². The van der Waals surface area contributed by atoms with Crippen LogP contribution in [0.1, 0.15) is 88.4 Å². The Bertz CT molecular complexity index is 1270. The topological polar surface area (TPSA) is 87.2 Å². The van der Waals surface area contributed by atoms with E-state index in [1.165, 1.54) is 12.0 Å². The van der Waals surface area contributed by atoms with Crippen LogP contribution in [0.3, 0.4) is 0 Å². The Labute approximate surface area is 257 Å². The summed E-state index contributed by atoms with van der Waals surface area (Å²) in [4.78, 5) is 34.4. The highest BCUT2D eigenvalue weighted by molar-refractivity contribution is 9.10. The van der Waals surface area contributed by atoms with Gasteiger partial charge in [0.2, 0.25) is 5.88 Å². The largest absolute Gasteiger partial charge is 0.481 e. The molecule has 42 heavy (non-hydrogen) atoms. The molecule has 8 nitrogen and oxygen atoms in total. The minimum absolute atomic E-state index is 0.196. The molecule has 3 fully saturated rings. The maximum absolute atomic E-state index is 14.3. The number of methoxy groups -OCH3 is 1. The van der Waals surface area contributed by atoms with E-state index in [0.29, 0.717) is 24.8 Å². The fourth-order valence-corrected chi connectivity index (χ4v) is 7.26. The summed E-state index contributed by atoms with van der Waals surface area (Å²) in [6.07, 6.45) is 5.76. The first-order valence-electron chi connectivity index (χ1n) is 15.1. The molecule has 0 radical (unpaired) electrons. The molecule has 5 rings (SSSR count). The Kier molecular flexibility index (Phi) is 9.59. The molecular weight excluding hydrogens is 600 g/mol. The van der Waals surface area contributed by atoms with Gasteiger partial charge in [-0.15, -0.1) is 0 Å². The third-order valence-corrected chi connectivity index (χ3v) is 9.69. The van der Waals surface area contributed by atoms with Gasteiger partial charge in [-0.1, -0.05) is 61.3 Å². The number of rotatable bonds is 9. The summed E-state index contributed by atoms with van der Waals surface area (Å²) in [5.74, 6) is 0.0515. The van der Waals surface area contributed by atoms with Gasteiger partial charge in [0.05, 0.1) is 32.5 Å². The number of hydrogen-bond acceptors (Lipinski definition) is 7. The number of esters is 1. The van der Waals surface area contributed by atoms with Gasteiger partial charge < -0.3 is 23.8 Å². The summed E-state index contributed by atoms with van der Waals surface area (Å²) >= 11 is 3.74. The number of likely N-dealkylation sites (tertiary alicyclic amines) is 1. The summed E-state index contributed by atoms with van der Waals surface area (Å²) in [6.45, 7) is 9.05. The van der Waals surface area contributed by atoms with Crippen LogP contribution in [0.4, 0.5) is 0 Å². The normalized spacial score (nSPS) is 26.2. The molecule has 5 atom stereocenters. The van der Waals surface area contributed by atoms with E-state index in [-0.39, 0.29) is 25.0 Å². The summed E-state index contributed by atoms with van der Waals surface area (Å²) in [6, 6.07) is 8.59. The molecule has 1 aromatic carbocycles. The zero-order chi connectivity index (χ0) is 30.0. The number of carbonyl (C=O) groups is 2. The predicted molar refractivity (Wildman–Crippen MR) is 162 cm³/mol. The van der Waals surface area contributed by atoms with Gasteiger partial charge in [0.15, 0.2) is 0 Å². The van der Waals surface area contributed by atoms with Gasteiger partial charge in [-0.3, -0.25) is 4.79 Å². The molecular formula is C33H43BrN2O6. The third-order valence-electron chi connectivity index (χ3n) is 8.96. The van der Waals surface area contributed by atoms with Crippen molar-refractivity contribution >= 4 is 27.8 Å². The molecule has 3 aliphatic rings. The molecule has 9 heteroatoms. The lowest BCUT2D eigenvalue weighted by molar-refractivity contribution is -0.160. The molecule has 228 valence electrons. The van der Waals surface area contributed by atoms with Crippen LogP contribution in [0.2, 0.25) is 0 Å². The number of ether oxygens (including phenoxy) is 4. The number of aromatic nitrogens is 1. The lowest BCUT2D eigenvalue weighted by Crippen LogP contribution is -2.50. The van der Waals surface area contributed by atoms with Crippen molar-refractivity contribution in [2.24, 2.45) is 11.3 Å². The SMILES string of the molecule is CCOC(=O)[C@@H]1[C@@H](C(C)(C)C)[C@H](OCc2cc(C3CCC3)cnc2OC)[C@H](c2ccccc2Br)N1C(=O)[C@@H]1CCCO1. The molecule has 0 spiro atoms. The van der Waals surface area contributed by atoms with Crippen molar-refractivity contribution in [1.29, 1.82) is 0 Å². The van der Waals surface area contributed by atoms with Crippen LogP contribution in [0.5, 0.6) is 5.88 Å². The number of nitrogens with zero attached hydrogens (tertiary/aromatic N) is 2. The highest BCUT2D eigenvalue weighted by atomic mass is 79.9. The lowest BCUT2D eigenvalue weighted by Gasteiger charge is -2.35. The first-order chi connectivity index (χ1) is 20.2. The molecule has 2 aliphatic heterocycles. The van der Waals surface area contributed by atoms with Gasteiger partial charge in [0.1, 0.15) is 12.1 Å².